The highest BCUT2D eigenvalue weighted by molar-refractivity contribution is 6.02. The molecule has 2 atom stereocenters. The third-order valence-corrected chi connectivity index (χ3v) is 4.25. The number of nitrogens with two attached hydrogens (primary N) is 1. The van der Waals surface area contributed by atoms with Gasteiger partial charge in [0.05, 0.1) is 5.92 Å². The highest BCUT2D eigenvalue weighted by Crippen LogP contribution is 2.23. The summed E-state index contributed by atoms with van der Waals surface area (Å²) in [6.07, 6.45) is 3.88. The SMILES string of the molecule is CCCC(C(=O)N1CCN2CCCC2C1)C(N)=NO. The van der Waals surface area contributed by atoms with Gasteiger partial charge in [0.2, 0.25) is 5.91 Å². The molecule has 0 saturated carbocycles. The Balaban J connectivity index is 2.01. The molecule has 2 saturated heterocycles. The van der Waals surface area contributed by atoms with Crippen molar-refractivity contribution in [3.63, 3.8) is 0 Å². The topological polar surface area (TPSA) is 82.2 Å². The zero-order chi connectivity index (χ0) is 13.8. The van der Waals surface area contributed by atoms with Crippen molar-refractivity contribution in [3.8, 4) is 0 Å². The summed E-state index contributed by atoms with van der Waals surface area (Å²) in [5.74, 6) is -0.410. The number of oxime groups is 1. The molecule has 0 aromatic heterocycles. The Morgan fingerprint density at radius 1 is 1.47 bits per heavy atom. The van der Waals surface area contributed by atoms with Crippen LogP contribution in [0.2, 0.25) is 0 Å². The number of carbonyl (C=O) groups is 1. The normalized spacial score (nSPS) is 26.3. The molecule has 1 amide bonds. The fourth-order valence-corrected chi connectivity index (χ4v) is 3.17. The Kier molecular flexibility index (Phi) is 4.63. The molecular formula is C13H24N4O2. The molecule has 0 aromatic rings. The molecule has 2 unspecified atom stereocenters. The van der Waals surface area contributed by atoms with Gasteiger partial charge in [0.15, 0.2) is 5.84 Å². The molecule has 2 heterocycles. The van der Waals surface area contributed by atoms with E-state index in [-0.39, 0.29) is 11.7 Å². The van der Waals surface area contributed by atoms with E-state index in [1.165, 1.54) is 12.8 Å². The van der Waals surface area contributed by atoms with Crippen LogP contribution in [-0.4, -0.2) is 59.0 Å². The fourth-order valence-electron chi connectivity index (χ4n) is 3.17. The molecule has 2 aliphatic rings. The average molecular weight is 268 g/mol. The molecule has 6 heteroatoms. The van der Waals surface area contributed by atoms with Crippen molar-refractivity contribution in [3.05, 3.63) is 0 Å². The zero-order valence-electron chi connectivity index (χ0n) is 11.6. The first-order valence-corrected chi connectivity index (χ1v) is 7.17. The Labute approximate surface area is 114 Å². The lowest BCUT2D eigenvalue weighted by molar-refractivity contribution is -0.136. The maximum absolute atomic E-state index is 12.5. The number of amides is 1. The predicted molar refractivity (Wildman–Crippen MR) is 73.0 cm³/mol. The third-order valence-electron chi connectivity index (χ3n) is 4.25. The van der Waals surface area contributed by atoms with Crippen LogP contribution in [0.15, 0.2) is 5.16 Å². The van der Waals surface area contributed by atoms with E-state index in [0.717, 1.165) is 32.6 Å². The van der Waals surface area contributed by atoms with E-state index in [9.17, 15) is 4.79 Å². The van der Waals surface area contributed by atoms with Crippen LogP contribution in [0.3, 0.4) is 0 Å². The van der Waals surface area contributed by atoms with E-state index in [2.05, 4.69) is 10.1 Å². The minimum absolute atomic E-state index is 0.0173. The van der Waals surface area contributed by atoms with Crippen LogP contribution in [0.5, 0.6) is 0 Å². The fraction of sp³-hybridized carbons (Fsp3) is 0.846. The van der Waals surface area contributed by atoms with Gasteiger partial charge in [0.1, 0.15) is 0 Å². The summed E-state index contributed by atoms with van der Waals surface area (Å²) in [7, 11) is 0. The van der Waals surface area contributed by atoms with Crippen LogP contribution >= 0.6 is 0 Å². The van der Waals surface area contributed by atoms with Crippen LogP contribution in [-0.2, 0) is 4.79 Å². The summed E-state index contributed by atoms with van der Waals surface area (Å²) in [5.41, 5.74) is 5.66. The minimum Gasteiger partial charge on any atom is -0.409 e. The molecule has 0 aliphatic carbocycles. The molecule has 0 radical (unpaired) electrons. The molecule has 2 aliphatic heterocycles. The van der Waals surface area contributed by atoms with Crippen LogP contribution in [0, 0.1) is 5.92 Å². The van der Waals surface area contributed by atoms with Gasteiger partial charge < -0.3 is 15.8 Å². The summed E-state index contributed by atoms with van der Waals surface area (Å²) in [6.45, 7) is 5.66. The first-order chi connectivity index (χ1) is 9.17. The number of carbonyl (C=O) groups excluding carboxylic acids is 1. The summed E-state index contributed by atoms with van der Waals surface area (Å²) >= 11 is 0. The van der Waals surface area contributed by atoms with E-state index in [4.69, 9.17) is 10.9 Å². The Bertz CT molecular complexity index is 359. The van der Waals surface area contributed by atoms with Crippen molar-refractivity contribution < 1.29 is 10.0 Å². The standard InChI is InChI=1S/C13H24N4O2/c1-2-4-11(12(14)15-19)13(18)17-8-7-16-6-3-5-10(16)9-17/h10-11,19H,2-9H2,1H3,(H2,14,15). The maximum Gasteiger partial charge on any atom is 0.233 e. The number of hydrogen-bond acceptors (Lipinski definition) is 4. The largest absolute Gasteiger partial charge is 0.409 e. The smallest absolute Gasteiger partial charge is 0.233 e. The van der Waals surface area contributed by atoms with Crippen molar-refractivity contribution in [1.82, 2.24) is 9.80 Å². The van der Waals surface area contributed by atoms with Crippen LogP contribution in [0.4, 0.5) is 0 Å². The Hall–Kier alpha value is -1.30. The van der Waals surface area contributed by atoms with Crippen LogP contribution in [0.1, 0.15) is 32.6 Å². The van der Waals surface area contributed by atoms with Gasteiger partial charge in [-0.2, -0.15) is 0 Å². The molecule has 2 fully saturated rings. The number of fused-ring (bicyclic) bond motifs is 1. The second-order valence-corrected chi connectivity index (χ2v) is 5.48. The van der Waals surface area contributed by atoms with Gasteiger partial charge in [-0.15, -0.1) is 0 Å². The van der Waals surface area contributed by atoms with Crippen molar-refractivity contribution in [2.45, 2.75) is 38.6 Å². The molecule has 108 valence electrons. The lowest BCUT2D eigenvalue weighted by Crippen LogP contribution is -2.54. The monoisotopic (exact) mass is 268 g/mol. The summed E-state index contributed by atoms with van der Waals surface area (Å²) in [6, 6.07) is 0.507. The van der Waals surface area contributed by atoms with E-state index in [0.29, 0.717) is 12.5 Å². The lowest BCUT2D eigenvalue weighted by Gasteiger charge is -2.38. The molecule has 6 nitrogen and oxygen atoms in total. The molecule has 3 N–H and O–H groups in total. The first-order valence-electron chi connectivity index (χ1n) is 7.17. The molecule has 0 aromatic carbocycles. The molecule has 19 heavy (non-hydrogen) atoms. The second kappa shape index (κ2) is 6.23. The molecule has 0 spiro atoms. The van der Waals surface area contributed by atoms with Gasteiger partial charge in [-0.3, -0.25) is 9.69 Å². The number of hydrogen-bond donors (Lipinski definition) is 2. The average Bonchev–Trinajstić information content (AvgIpc) is 2.90. The first kappa shape index (κ1) is 14.1. The van der Waals surface area contributed by atoms with Crippen LogP contribution < -0.4 is 5.73 Å². The maximum atomic E-state index is 12.5. The van der Waals surface area contributed by atoms with Crippen molar-refractivity contribution in [1.29, 1.82) is 0 Å². The van der Waals surface area contributed by atoms with Gasteiger partial charge in [0.25, 0.3) is 0 Å². The molecular weight excluding hydrogens is 244 g/mol. The Morgan fingerprint density at radius 2 is 2.26 bits per heavy atom. The van der Waals surface area contributed by atoms with Gasteiger partial charge in [-0.05, 0) is 25.8 Å². The van der Waals surface area contributed by atoms with Crippen molar-refractivity contribution >= 4 is 11.7 Å². The highest BCUT2D eigenvalue weighted by Gasteiger charge is 2.35. The molecule has 2 rings (SSSR count). The van der Waals surface area contributed by atoms with Gasteiger partial charge in [-0.1, -0.05) is 18.5 Å². The van der Waals surface area contributed by atoms with Crippen LogP contribution in [0.25, 0.3) is 0 Å². The summed E-state index contributed by atoms with van der Waals surface area (Å²) in [5, 5.41) is 11.8. The lowest BCUT2D eigenvalue weighted by atomic mass is 9.99. The van der Waals surface area contributed by atoms with E-state index in [1.807, 2.05) is 11.8 Å². The number of piperazine rings is 1. The summed E-state index contributed by atoms with van der Waals surface area (Å²) in [4.78, 5) is 16.9. The van der Waals surface area contributed by atoms with Crippen molar-refractivity contribution in [2.24, 2.45) is 16.8 Å². The highest BCUT2D eigenvalue weighted by atomic mass is 16.4. The number of nitrogens with zero attached hydrogens (tertiary/aromatic N) is 3. The van der Waals surface area contributed by atoms with E-state index in [1.54, 1.807) is 0 Å². The van der Waals surface area contributed by atoms with Gasteiger partial charge >= 0.3 is 0 Å². The summed E-state index contributed by atoms with van der Waals surface area (Å²) < 4.78 is 0. The second-order valence-electron chi connectivity index (χ2n) is 5.48. The zero-order valence-corrected chi connectivity index (χ0v) is 11.6. The van der Waals surface area contributed by atoms with Gasteiger partial charge in [-0.25, -0.2) is 0 Å². The quantitative estimate of drug-likeness (QED) is 0.336. The number of amidine groups is 1. The Morgan fingerprint density at radius 3 is 2.95 bits per heavy atom. The van der Waals surface area contributed by atoms with E-state index >= 15 is 0 Å². The molecule has 0 bridgehead atoms. The van der Waals surface area contributed by atoms with E-state index < -0.39 is 5.92 Å². The third kappa shape index (κ3) is 3.00. The number of rotatable bonds is 4. The minimum atomic E-state index is -0.469. The van der Waals surface area contributed by atoms with Gasteiger partial charge in [0, 0.05) is 25.7 Å². The predicted octanol–water partition coefficient (Wildman–Crippen LogP) is 0.456. The van der Waals surface area contributed by atoms with Crippen molar-refractivity contribution in [2.75, 3.05) is 26.2 Å².